The maximum Gasteiger partial charge on any atom is 0.186 e. The van der Waals surface area contributed by atoms with Gasteiger partial charge in [0.15, 0.2) is 12.6 Å². The molecule has 13 heteroatoms. The second-order valence-corrected chi connectivity index (χ2v) is 8.28. The molecule has 0 aromatic rings. The molecule has 0 aromatic carbocycles. The van der Waals surface area contributed by atoms with Gasteiger partial charge in [0.1, 0.15) is 36.6 Å². The van der Waals surface area contributed by atoms with Gasteiger partial charge < -0.3 is 68.0 Å². The van der Waals surface area contributed by atoms with Gasteiger partial charge in [-0.1, -0.05) is 12.2 Å². The van der Waals surface area contributed by atoms with E-state index >= 15 is 0 Å². The summed E-state index contributed by atoms with van der Waals surface area (Å²) < 4.78 is 22.8. The van der Waals surface area contributed by atoms with Crippen LogP contribution >= 0.6 is 0 Å². The molecule has 0 radical (unpaired) electrons. The summed E-state index contributed by atoms with van der Waals surface area (Å²) in [5.74, 6) is 0. The van der Waals surface area contributed by atoms with E-state index in [2.05, 4.69) is 0 Å². The first kappa shape index (κ1) is 24.9. The number of aliphatic hydroxyl groups excluding tert-OH is 4. The Morgan fingerprint density at radius 2 is 1.45 bits per heavy atom. The van der Waals surface area contributed by atoms with Gasteiger partial charge in [-0.2, -0.15) is 0 Å². The summed E-state index contributed by atoms with van der Waals surface area (Å²) in [5.41, 5.74) is 29.8. The molecule has 180 valence electrons. The molecule has 2 aliphatic heterocycles. The van der Waals surface area contributed by atoms with Gasteiger partial charge in [-0.3, -0.25) is 0 Å². The van der Waals surface area contributed by atoms with Crippen LogP contribution in [0.1, 0.15) is 6.42 Å². The molecule has 1 aliphatic carbocycles. The first-order valence-electron chi connectivity index (χ1n) is 10.4. The molecule has 3 rings (SSSR count). The van der Waals surface area contributed by atoms with Crippen molar-refractivity contribution in [3.05, 3.63) is 12.2 Å². The van der Waals surface area contributed by atoms with Crippen LogP contribution in [0.15, 0.2) is 12.2 Å². The molecule has 0 spiro atoms. The first-order valence-corrected chi connectivity index (χ1v) is 10.4. The van der Waals surface area contributed by atoms with Gasteiger partial charge in [0.25, 0.3) is 0 Å². The van der Waals surface area contributed by atoms with Crippen LogP contribution in [0, 0.1) is 0 Å². The van der Waals surface area contributed by atoms with Crippen LogP contribution in [0.4, 0.5) is 0 Å². The summed E-state index contributed by atoms with van der Waals surface area (Å²) in [4.78, 5) is 0. The summed E-state index contributed by atoms with van der Waals surface area (Å²) in [6.45, 7) is -0.307. The number of nitrogens with two attached hydrogens (primary N) is 5. The Morgan fingerprint density at radius 1 is 0.839 bits per heavy atom. The Bertz CT molecular complexity index is 615. The zero-order valence-corrected chi connectivity index (χ0v) is 17.1. The molecule has 13 nitrogen and oxygen atoms in total. The normalized spacial score (nSPS) is 51.1. The SMILES string of the molecule is NC[C@@H]1C=C[C@@H](N)[C@@H](O[C@H]2[C@H](O)[C@@H](O[C@H]3O[C@H](CO)[C@@H](O)[C@H](N)[C@H]3O)[C@H](N)C[C@@H]2N)O1. The predicted molar refractivity (Wildman–Crippen MR) is 107 cm³/mol. The van der Waals surface area contributed by atoms with Crippen LogP contribution in [0.5, 0.6) is 0 Å². The lowest BCUT2D eigenvalue weighted by Gasteiger charge is -2.47. The standard InChI is InChI=1S/C18H35N5O8/c19-4-6-1-2-7(20)17(28-6)30-15-8(21)3-9(22)16(14(15)27)31-18-13(26)11(23)12(25)10(5-24)29-18/h1-2,6-18,24-27H,3-5,19-23H2/t6-,7+,8-,9+,10+,11-,12+,13+,14-,15+,16-,17+,18+/m0/s1. The number of ether oxygens (including phenoxy) is 4. The highest BCUT2D eigenvalue weighted by atomic mass is 16.7. The lowest BCUT2D eigenvalue weighted by Crippen LogP contribution is -2.68. The fourth-order valence-corrected chi connectivity index (χ4v) is 4.08. The third-order valence-electron chi connectivity index (χ3n) is 5.98. The topological polar surface area (TPSA) is 248 Å². The summed E-state index contributed by atoms with van der Waals surface area (Å²) in [6, 6.07) is -3.08. The van der Waals surface area contributed by atoms with Crippen molar-refractivity contribution in [2.45, 2.75) is 85.9 Å². The van der Waals surface area contributed by atoms with Gasteiger partial charge in [0.2, 0.25) is 0 Å². The Hall–Kier alpha value is -0.780. The maximum absolute atomic E-state index is 11.0. The van der Waals surface area contributed by atoms with Crippen molar-refractivity contribution >= 4 is 0 Å². The van der Waals surface area contributed by atoms with E-state index in [4.69, 9.17) is 47.6 Å². The van der Waals surface area contributed by atoms with E-state index in [0.29, 0.717) is 0 Å². The van der Waals surface area contributed by atoms with E-state index in [-0.39, 0.29) is 19.1 Å². The van der Waals surface area contributed by atoms with Gasteiger partial charge in [0.05, 0.1) is 24.8 Å². The second-order valence-electron chi connectivity index (χ2n) is 8.28. The molecule has 0 aromatic heterocycles. The second kappa shape index (κ2) is 10.4. The molecule has 3 aliphatic rings. The molecule has 14 N–H and O–H groups in total. The maximum atomic E-state index is 11.0. The number of aliphatic hydroxyl groups is 4. The van der Waals surface area contributed by atoms with Gasteiger partial charge in [0, 0.05) is 18.6 Å². The largest absolute Gasteiger partial charge is 0.394 e. The smallest absolute Gasteiger partial charge is 0.186 e. The number of hydrogen-bond donors (Lipinski definition) is 9. The van der Waals surface area contributed by atoms with E-state index in [9.17, 15) is 20.4 Å². The highest BCUT2D eigenvalue weighted by molar-refractivity contribution is 5.05. The number of rotatable bonds is 6. The van der Waals surface area contributed by atoms with Crippen LogP contribution in [0.3, 0.4) is 0 Å². The van der Waals surface area contributed by atoms with Crippen LogP contribution in [-0.2, 0) is 18.9 Å². The van der Waals surface area contributed by atoms with E-state index in [1.165, 1.54) is 0 Å². The van der Waals surface area contributed by atoms with Crippen LogP contribution in [-0.4, -0.2) is 113 Å². The van der Waals surface area contributed by atoms with E-state index in [1.54, 1.807) is 12.2 Å². The Kier molecular flexibility index (Phi) is 8.37. The van der Waals surface area contributed by atoms with E-state index in [0.717, 1.165) is 0 Å². The summed E-state index contributed by atoms with van der Waals surface area (Å²) >= 11 is 0. The molecule has 2 fully saturated rings. The highest BCUT2D eigenvalue weighted by Gasteiger charge is 2.49. The minimum Gasteiger partial charge on any atom is -0.394 e. The Morgan fingerprint density at radius 3 is 2.03 bits per heavy atom. The lowest BCUT2D eigenvalue weighted by atomic mass is 9.84. The molecular formula is C18H35N5O8. The average Bonchev–Trinajstić information content (AvgIpc) is 2.75. The zero-order valence-electron chi connectivity index (χ0n) is 17.1. The first-order chi connectivity index (χ1) is 14.7. The highest BCUT2D eigenvalue weighted by Crippen LogP contribution is 2.29. The molecule has 1 saturated carbocycles. The van der Waals surface area contributed by atoms with Gasteiger partial charge >= 0.3 is 0 Å². The molecular weight excluding hydrogens is 414 g/mol. The van der Waals surface area contributed by atoms with Gasteiger partial charge in [-0.05, 0) is 6.42 Å². The van der Waals surface area contributed by atoms with E-state index < -0.39 is 80.0 Å². The van der Waals surface area contributed by atoms with Crippen molar-refractivity contribution in [2.24, 2.45) is 28.7 Å². The minimum atomic E-state index is -1.42. The van der Waals surface area contributed by atoms with Crippen molar-refractivity contribution in [1.29, 1.82) is 0 Å². The number of hydrogen-bond acceptors (Lipinski definition) is 13. The molecule has 31 heavy (non-hydrogen) atoms. The average molecular weight is 450 g/mol. The van der Waals surface area contributed by atoms with Gasteiger partial charge in [-0.15, -0.1) is 0 Å². The molecule has 1 saturated heterocycles. The monoisotopic (exact) mass is 449 g/mol. The fraction of sp³-hybridized carbons (Fsp3) is 0.889. The summed E-state index contributed by atoms with van der Waals surface area (Å²) in [6.07, 6.45) is -6.03. The quantitative estimate of drug-likeness (QED) is 0.172. The fourth-order valence-electron chi connectivity index (χ4n) is 4.08. The molecule has 0 bridgehead atoms. The zero-order chi connectivity index (χ0) is 22.9. The predicted octanol–water partition coefficient (Wildman–Crippen LogP) is -5.49. The van der Waals surface area contributed by atoms with Crippen molar-refractivity contribution in [1.82, 2.24) is 0 Å². The van der Waals surface area contributed by atoms with Crippen molar-refractivity contribution in [3.63, 3.8) is 0 Å². The molecule has 0 unspecified atom stereocenters. The van der Waals surface area contributed by atoms with Crippen LogP contribution in [0.2, 0.25) is 0 Å². The third-order valence-corrected chi connectivity index (χ3v) is 5.98. The Labute approximate surface area is 180 Å². The molecule has 2 heterocycles. The Balaban J connectivity index is 1.70. The molecule has 0 amide bonds. The van der Waals surface area contributed by atoms with Crippen molar-refractivity contribution in [3.8, 4) is 0 Å². The van der Waals surface area contributed by atoms with Crippen LogP contribution < -0.4 is 28.7 Å². The van der Waals surface area contributed by atoms with Crippen molar-refractivity contribution < 1.29 is 39.4 Å². The minimum absolute atomic E-state index is 0.228. The summed E-state index contributed by atoms with van der Waals surface area (Å²) in [7, 11) is 0. The molecule has 13 atom stereocenters. The summed E-state index contributed by atoms with van der Waals surface area (Å²) in [5, 5.41) is 40.7. The lowest BCUT2D eigenvalue weighted by molar-refractivity contribution is -0.311. The van der Waals surface area contributed by atoms with Gasteiger partial charge in [-0.25, -0.2) is 0 Å². The van der Waals surface area contributed by atoms with Crippen molar-refractivity contribution in [2.75, 3.05) is 13.2 Å². The van der Waals surface area contributed by atoms with Crippen LogP contribution in [0.25, 0.3) is 0 Å². The van der Waals surface area contributed by atoms with E-state index in [1.807, 2.05) is 0 Å². The third kappa shape index (κ3) is 5.25.